The molecule has 0 amide bonds. The highest BCUT2D eigenvalue weighted by atomic mass is 32.2. The quantitative estimate of drug-likeness (QED) is 0.781. The monoisotopic (exact) mass is 312 g/mol. The van der Waals surface area contributed by atoms with Crippen molar-refractivity contribution >= 4 is 21.5 Å². The van der Waals surface area contributed by atoms with E-state index < -0.39 is 9.84 Å². The molecule has 1 aliphatic rings. The number of rotatable bonds is 4. The summed E-state index contributed by atoms with van der Waals surface area (Å²) in [5, 5.41) is 13.0. The van der Waals surface area contributed by atoms with Crippen molar-refractivity contribution in [1.82, 2.24) is 9.78 Å². The minimum absolute atomic E-state index is 0.00311. The van der Waals surface area contributed by atoms with Gasteiger partial charge in [0, 0.05) is 25.4 Å². The lowest BCUT2D eigenvalue weighted by Crippen LogP contribution is -2.43. The molecule has 1 unspecified atom stereocenters. The summed E-state index contributed by atoms with van der Waals surface area (Å²) in [4.78, 5) is 1.90. The third kappa shape index (κ3) is 3.28. The van der Waals surface area contributed by atoms with Gasteiger partial charge in [-0.05, 0) is 12.8 Å². The second kappa shape index (κ2) is 5.91. The molecule has 0 saturated carbocycles. The maximum absolute atomic E-state index is 12.0. The molecule has 1 aromatic heterocycles. The van der Waals surface area contributed by atoms with Crippen molar-refractivity contribution in [2.75, 3.05) is 30.0 Å². The number of aryl methyl sites for hydroxylation is 1. The summed E-state index contributed by atoms with van der Waals surface area (Å²) in [5.74, 6) is 0.435. The smallest absolute Gasteiger partial charge is 0.182 e. The number of anilines is 2. The number of aromatic nitrogens is 2. The first-order valence-electron chi connectivity index (χ1n) is 6.78. The van der Waals surface area contributed by atoms with E-state index in [-0.39, 0.29) is 29.7 Å². The molecule has 9 heteroatoms. The Morgan fingerprint density at radius 2 is 2.24 bits per heavy atom. The Morgan fingerprint density at radius 3 is 2.81 bits per heavy atom. The zero-order valence-corrected chi connectivity index (χ0v) is 12.8. The molecule has 21 heavy (non-hydrogen) atoms. The van der Waals surface area contributed by atoms with Gasteiger partial charge in [-0.25, -0.2) is 13.1 Å². The van der Waals surface area contributed by atoms with Crippen LogP contribution in [0.3, 0.4) is 0 Å². The van der Waals surface area contributed by atoms with Crippen LogP contribution >= 0.6 is 0 Å². The first kappa shape index (κ1) is 15.6. The van der Waals surface area contributed by atoms with Crippen LogP contribution in [0.25, 0.3) is 0 Å². The second-order valence-electron chi connectivity index (χ2n) is 5.29. The average molecular weight is 312 g/mol. The molecule has 8 nitrogen and oxygen atoms in total. The van der Waals surface area contributed by atoms with Crippen LogP contribution in [-0.2, 0) is 16.4 Å². The minimum Gasteiger partial charge on any atom is -0.383 e. The van der Waals surface area contributed by atoms with Crippen LogP contribution in [-0.4, -0.2) is 43.6 Å². The lowest BCUT2D eigenvalue weighted by molar-refractivity contribution is 0.498. The third-order valence-corrected chi connectivity index (χ3v) is 4.63. The van der Waals surface area contributed by atoms with Crippen LogP contribution < -0.4 is 16.4 Å². The minimum atomic E-state index is -3.51. The van der Waals surface area contributed by atoms with Crippen LogP contribution in [0.4, 0.5) is 11.6 Å². The second-order valence-corrected chi connectivity index (χ2v) is 7.24. The summed E-state index contributed by atoms with van der Waals surface area (Å²) in [6, 6.07) is 1.99. The van der Waals surface area contributed by atoms with Gasteiger partial charge in [-0.2, -0.15) is 10.4 Å². The van der Waals surface area contributed by atoms with Gasteiger partial charge in [-0.3, -0.25) is 0 Å². The number of nitriles is 1. The largest absolute Gasteiger partial charge is 0.383 e. The van der Waals surface area contributed by atoms with E-state index in [0.29, 0.717) is 18.9 Å². The van der Waals surface area contributed by atoms with Gasteiger partial charge in [0.25, 0.3) is 0 Å². The highest BCUT2D eigenvalue weighted by Crippen LogP contribution is 2.31. The van der Waals surface area contributed by atoms with E-state index in [1.807, 2.05) is 11.0 Å². The van der Waals surface area contributed by atoms with Gasteiger partial charge in [-0.1, -0.05) is 0 Å². The van der Waals surface area contributed by atoms with Crippen LogP contribution in [0.1, 0.15) is 19.3 Å². The molecule has 1 atom stereocenters. The number of nitrogens with two attached hydrogens (primary N) is 2. The zero-order valence-electron chi connectivity index (χ0n) is 12.0. The highest BCUT2D eigenvalue weighted by Gasteiger charge is 2.29. The van der Waals surface area contributed by atoms with E-state index in [1.54, 1.807) is 0 Å². The summed E-state index contributed by atoms with van der Waals surface area (Å²) in [6.45, 7) is 1.52. The van der Waals surface area contributed by atoms with Gasteiger partial charge >= 0.3 is 0 Å². The van der Waals surface area contributed by atoms with E-state index in [2.05, 4.69) is 5.10 Å². The van der Waals surface area contributed by atoms with Crippen molar-refractivity contribution in [3.05, 3.63) is 0 Å². The molecule has 2 rings (SSSR count). The van der Waals surface area contributed by atoms with Crippen molar-refractivity contribution in [3.8, 4) is 6.07 Å². The topological polar surface area (TPSA) is 131 Å². The fourth-order valence-corrected chi connectivity index (χ4v) is 3.52. The summed E-state index contributed by atoms with van der Waals surface area (Å²) < 4.78 is 25.4. The maximum Gasteiger partial charge on any atom is 0.182 e. The Balaban J connectivity index is 2.46. The SMILES string of the molecule is CS(=O)(=O)c1c(N2CCCC(N)C2)nn(CCC#N)c1N. The molecule has 1 saturated heterocycles. The standard InChI is InChI=1S/C12H20N6O2S/c1-21(19,20)10-11(15)18(7-3-5-13)16-12(10)17-6-2-4-9(14)8-17/h9H,2-4,6-8,14-15H2,1H3. The molecule has 1 fully saturated rings. The predicted molar refractivity (Wildman–Crippen MR) is 79.4 cm³/mol. The van der Waals surface area contributed by atoms with Crippen molar-refractivity contribution in [1.29, 1.82) is 5.26 Å². The van der Waals surface area contributed by atoms with Crippen molar-refractivity contribution in [2.45, 2.75) is 36.7 Å². The summed E-state index contributed by atoms with van der Waals surface area (Å²) in [6.07, 6.45) is 3.13. The van der Waals surface area contributed by atoms with Crippen LogP contribution in [0.15, 0.2) is 4.90 Å². The molecular weight excluding hydrogens is 292 g/mol. The maximum atomic E-state index is 12.0. The number of piperidine rings is 1. The molecule has 116 valence electrons. The van der Waals surface area contributed by atoms with Gasteiger partial charge in [-0.15, -0.1) is 0 Å². The molecular formula is C12H20N6O2S. The normalized spacial score (nSPS) is 19.5. The molecule has 1 aliphatic heterocycles. The molecule has 0 spiro atoms. The molecule has 0 bridgehead atoms. The highest BCUT2D eigenvalue weighted by molar-refractivity contribution is 7.91. The Labute approximate surface area is 124 Å². The Hall–Kier alpha value is -1.79. The molecule has 0 aliphatic carbocycles. The van der Waals surface area contributed by atoms with Crippen molar-refractivity contribution in [3.63, 3.8) is 0 Å². The number of nitrogens with zero attached hydrogens (tertiary/aromatic N) is 4. The number of hydrogen-bond donors (Lipinski definition) is 2. The fourth-order valence-electron chi connectivity index (χ4n) is 2.54. The average Bonchev–Trinajstić information content (AvgIpc) is 2.73. The van der Waals surface area contributed by atoms with E-state index >= 15 is 0 Å². The summed E-state index contributed by atoms with van der Waals surface area (Å²) in [5.41, 5.74) is 11.9. The Kier molecular flexibility index (Phi) is 4.39. The number of hydrogen-bond acceptors (Lipinski definition) is 7. The summed E-state index contributed by atoms with van der Waals surface area (Å²) in [7, 11) is -3.51. The molecule has 4 N–H and O–H groups in total. The lowest BCUT2D eigenvalue weighted by Gasteiger charge is -2.31. The van der Waals surface area contributed by atoms with Gasteiger partial charge < -0.3 is 16.4 Å². The third-order valence-electron chi connectivity index (χ3n) is 3.49. The van der Waals surface area contributed by atoms with Gasteiger partial charge in [0.2, 0.25) is 0 Å². The van der Waals surface area contributed by atoms with Crippen LogP contribution in [0, 0.1) is 11.3 Å². The van der Waals surface area contributed by atoms with Gasteiger partial charge in [0.1, 0.15) is 5.82 Å². The Bertz CT molecular complexity index is 660. The van der Waals surface area contributed by atoms with Crippen LogP contribution in [0.2, 0.25) is 0 Å². The van der Waals surface area contributed by atoms with E-state index in [4.69, 9.17) is 16.7 Å². The summed E-state index contributed by atoms with van der Waals surface area (Å²) >= 11 is 0. The Morgan fingerprint density at radius 1 is 1.52 bits per heavy atom. The first-order valence-corrected chi connectivity index (χ1v) is 8.67. The molecule has 2 heterocycles. The van der Waals surface area contributed by atoms with Crippen LogP contribution in [0.5, 0.6) is 0 Å². The van der Waals surface area contributed by atoms with Crippen molar-refractivity contribution < 1.29 is 8.42 Å². The molecule has 1 aromatic rings. The van der Waals surface area contributed by atoms with Gasteiger partial charge in [0.15, 0.2) is 20.6 Å². The number of nitrogen functional groups attached to an aromatic ring is 1. The molecule has 0 radical (unpaired) electrons. The van der Waals surface area contributed by atoms with E-state index in [9.17, 15) is 8.42 Å². The first-order chi connectivity index (χ1) is 9.84. The van der Waals surface area contributed by atoms with E-state index in [0.717, 1.165) is 19.1 Å². The lowest BCUT2D eigenvalue weighted by atomic mass is 10.1. The zero-order chi connectivity index (χ0) is 15.6. The van der Waals surface area contributed by atoms with Crippen molar-refractivity contribution in [2.24, 2.45) is 5.73 Å². The fraction of sp³-hybridized carbons (Fsp3) is 0.667. The van der Waals surface area contributed by atoms with Gasteiger partial charge in [0.05, 0.1) is 19.0 Å². The van der Waals surface area contributed by atoms with E-state index in [1.165, 1.54) is 4.68 Å². The predicted octanol–water partition coefficient (Wildman–Crippen LogP) is -0.290. The number of sulfone groups is 1. The molecule has 0 aromatic carbocycles.